The Morgan fingerprint density at radius 2 is 1.86 bits per heavy atom. The van der Waals surface area contributed by atoms with Gasteiger partial charge < -0.3 is 10.4 Å². The summed E-state index contributed by atoms with van der Waals surface area (Å²) in [6.07, 6.45) is 1.79. The Bertz CT molecular complexity index is 828. The van der Waals surface area contributed by atoms with Crippen molar-refractivity contribution >= 4 is 16.9 Å². The number of hydrogen-bond donors (Lipinski definition) is 2. The minimum Gasteiger partial charge on any atom is -0.507 e. The molecular weight excluding hydrogens is 274 g/mol. The summed E-state index contributed by atoms with van der Waals surface area (Å²) < 4.78 is 0. The topological polar surface area (TPSA) is 58.0 Å². The summed E-state index contributed by atoms with van der Waals surface area (Å²) in [5.74, 6) is 0.807. The molecule has 0 spiro atoms. The molecule has 1 heterocycles. The van der Waals surface area contributed by atoms with Gasteiger partial charge in [-0.1, -0.05) is 24.3 Å². The maximum absolute atomic E-state index is 10.4. The van der Waals surface area contributed by atoms with Gasteiger partial charge in [0.15, 0.2) is 0 Å². The molecule has 0 aliphatic rings. The normalized spacial score (nSPS) is 11.1. The van der Waals surface area contributed by atoms with Crippen molar-refractivity contribution in [2.24, 2.45) is 0 Å². The predicted octanol–water partition coefficient (Wildman–Crippen LogP) is 4.13. The molecule has 4 heteroatoms. The molecule has 0 aliphatic carbocycles. The minimum absolute atomic E-state index is 0.232. The Morgan fingerprint density at radius 1 is 1.09 bits per heavy atom. The first-order valence-corrected chi connectivity index (χ1v) is 7.37. The van der Waals surface area contributed by atoms with Gasteiger partial charge in [0.1, 0.15) is 5.75 Å². The van der Waals surface area contributed by atoms with E-state index in [4.69, 9.17) is 0 Å². The molecule has 1 aromatic heterocycles. The van der Waals surface area contributed by atoms with E-state index in [2.05, 4.69) is 15.3 Å². The Balaban J connectivity index is 2.12. The monoisotopic (exact) mass is 293 g/mol. The molecule has 0 unspecified atom stereocenters. The van der Waals surface area contributed by atoms with Crippen LogP contribution in [0.4, 0.5) is 5.95 Å². The van der Waals surface area contributed by atoms with Crippen LogP contribution in [-0.2, 0) is 0 Å². The first kappa shape index (κ1) is 14.3. The Labute approximate surface area is 129 Å². The first-order valence-electron chi connectivity index (χ1n) is 7.37. The molecule has 22 heavy (non-hydrogen) atoms. The number of nitrogens with one attached hydrogen (secondary N) is 1. The van der Waals surface area contributed by atoms with Crippen LogP contribution in [0.1, 0.15) is 19.4 Å². The number of anilines is 1. The van der Waals surface area contributed by atoms with Gasteiger partial charge in [0.25, 0.3) is 0 Å². The third kappa shape index (κ3) is 2.72. The lowest BCUT2D eigenvalue weighted by molar-refractivity contribution is 0.478. The average Bonchev–Trinajstić information content (AvgIpc) is 2.47. The van der Waals surface area contributed by atoms with E-state index < -0.39 is 0 Å². The van der Waals surface area contributed by atoms with E-state index >= 15 is 0 Å². The maximum Gasteiger partial charge on any atom is 0.223 e. The van der Waals surface area contributed by atoms with Crippen molar-refractivity contribution < 1.29 is 5.11 Å². The number of phenols is 1. The summed E-state index contributed by atoms with van der Waals surface area (Å²) >= 11 is 0. The second-order valence-electron chi connectivity index (χ2n) is 5.74. The highest BCUT2D eigenvalue weighted by Gasteiger charge is 2.10. The van der Waals surface area contributed by atoms with Crippen molar-refractivity contribution in [2.75, 3.05) is 5.32 Å². The van der Waals surface area contributed by atoms with Crippen LogP contribution in [0.2, 0.25) is 0 Å². The zero-order valence-electron chi connectivity index (χ0n) is 13.0. The van der Waals surface area contributed by atoms with Crippen molar-refractivity contribution in [3.8, 4) is 16.9 Å². The summed E-state index contributed by atoms with van der Waals surface area (Å²) in [6.45, 7) is 6.10. The lowest BCUT2D eigenvalue weighted by Gasteiger charge is -2.11. The standard InChI is InChI=1S/C18H19N3O/c1-11(2)20-18-19-10-13-8-15(17(22)9-16(13)21-18)14-7-5-4-6-12(14)3/h4-11,22H,1-3H3,(H,19,20,21). The van der Waals surface area contributed by atoms with E-state index in [0.29, 0.717) is 5.95 Å². The number of benzene rings is 2. The van der Waals surface area contributed by atoms with Gasteiger partial charge in [-0.05, 0) is 38.0 Å². The Morgan fingerprint density at radius 3 is 2.59 bits per heavy atom. The van der Waals surface area contributed by atoms with Crippen molar-refractivity contribution in [1.82, 2.24) is 9.97 Å². The van der Waals surface area contributed by atoms with Crippen LogP contribution >= 0.6 is 0 Å². The second-order valence-corrected chi connectivity index (χ2v) is 5.74. The van der Waals surface area contributed by atoms with E-state index in [9.17, 15) is 5.11 Å². The predicted molar refractivity (Wildman–Crippen MR) is 90.1 cm³/mol. The molecule has 2 N–H and O–H groups in total. The summed E-state index contributed by atoms with van der Waals surface area (Å²) in [7, 11) is 0. The molecule has 0 fully saturated rings. The fraction of sp³-hybridized carbons (Fsp3) is 0.222. The van der Waals surface area contributed by atoms with Gasteiger partial charge in [-0.3, -0.25) is 0 Å². The molecule has 2 aromatic carbocycles. The zero-order valence-corrected chi connectivity index (χ0v) is 13.0. The smallest absolute Gasteiger partial charge is 0.223 e. The minimum atomic E-state index is 0.232. The third-order valence-corrected chi connectivity index (χ3v) is 3.55. The number of hydrogen-bond acceptors (Lipinski definition) is 4. The number of aryl methyl sites for hydroxylation is 1. The van der Waals surface area contributed by atoms with Gasteiger partial charge in [-0.25, -0.2) is 9.97 Å². The largest absolute Gasteiger partial charge is 0.507 e. The van der Waals surface area contributed by atoms with Crippen LogP contribution in [0.25, 0.3) is 22.0 Å². The van der Waals surface area contributed by atoms with Crippen molar-refractivity contribution in [3.63, 3.8) is 0 Å². The van der Waals surface area contributed by atoms with Crippen LogP contribution in [0.5, 0.6) is 5.75 Å². The summed E-state index contributed by atoms with van der Waals surface area (Å²) in [5, 5.41) is 14.5. The van der Waals surface area contributed by atoms with Gasteiger partial charge in [0.05, 0.1) is 5.52 Å². The van der Waals surface area contributed by atoms with Crippen molar-refractivity contribution in [2.45, 2.75) is 26.8 Å². The molecule has 0 radical (unpaired) electrons. The highest BCUT2D eigenvalue weighted by molar-refractivity contribution is 5.88. The molecule has 0 aliphatic heterocycles. The molecular formula is C18H19N3O. The van der Waals surface area contributed by atoms with Crippen LogP contribution in [0.3, 0.4) is 0 Å². The molecule has 3 rings (SSSR count). The molecule has 0 amide bonds. The molecule has 0 atom stereocenters. The van der Waals surface area contributed by atoms with Crippen LogP contribution in [0, 0.1) is 6.92 Å². The molecule has 4 nitrogen and oxygen atoms in total. The lowest BCUT2D eigenvalue weighted by atomic mass is 9.98. The average molecular weight is 293 g/mol. The summed E-state index contributed by atoms with van der Waals surface area (Å²) in [5.41, 5.74) is 3.68. The fourth-order valence-corrected chi connectivity index (χ4v) is 2.49. The zero-order chi connectivity index (χ0) is 15.7. The number of fused-ring (bicyclic) bond motifs is 1. The molecule has 0 saturated carbocycles. The molecule has 0 saturated heterocycles. The Kier molecular flexibility index (Phi) is 3.67. The first-order chi connectivity index (χ1) is 10.5. The maximum atomic E-state index is 10.4. The SMILES string of the molecule is Cc1ccccc1-c1cc2cnc(NC(C)C)nc2cc1O. The van der Waals surface area contributed by atoms with Crippen LogP contribution in [0.15, 0.2) is 42.6 Å². The quantitative estimate of drug-likeness (QED) is 0.762. The van der Waals surface area contributed by atoms with E-state index in [1.165, 1.54) is 0 Å². The van der Waals surface area contributed by atoms with Gasteiger partial charge in [-0.15, -0.1) is 0 Å². The summed E-state index contributed by atoms with van der Waals surface area (Å²) in [6, 6.07) is 11.9. The molecule has 112 valence electrons. The van der Waals surface area contributed by atoms with E-state index in [1.807, 2.05) is 51.1 Å². The van der Waals surface area contributed by atoms with Gasteiger partial charge >= 0.3 is 0 Å². The fourth-order valence-electron chi connectivity index (χ4n) is 2.49. The Hall–Kier alpha value is -2.62. The third-order valence-electron chi connectivity index (χ3n) is 3.55. The van der Waals surface area contributed by atoms with Crippen LogP contribution in [-0.4, -0.2) is 21.1 Å². The van der Waals surface area contributed by atoms with Gasteiger partial charge in [-0.2, -0.15) is 0 Å². The highest BCUT2D eigenvalue weighted by Crippen LogP contribution is 2.34. The number of phenolic OH excluding ortho intramolecular Hbond substituents is 1. The number of aromatic hydroxyl groups is 1. The molecule has 0 bridgehead atoms. The van der Waals surface area contributed by atoms with Gasteiger partial charge in [0.2, 0.25) is 5.95 Å². The number of rotatable bonds is 3. The van der Waals surface area contributed by atoms with E-state index in [-0.39, 0.29) is 11.8 Å². The second kappa shape index (κ2) is 5.64. The van der Waals surface area contributed by atoms with E-state index in [1.54, 1.807) is 12.3 Å². The lowest BCUT2D eigenvalue weighted by Crippen LogP contribution is -2.12. The highest BCUT2D eigenvalue weighted by atomic mass is 16.3. The van der Waals surface area contributed by atoms with Gasteiger partial charge in [0, 0.05) is 29.3 Å². The van der Waals surface area contributed by atoms with Crippen molar-refractivity contribution in [3.05, 3.63) is 48.2 Å². The van der Waals surface area contributed by atoms with E-state index in [0.717, 1.165) is 27.6 Å². The van der Waals surface area contributed by atoms with Crippen LogP contribution < -0.4 is 5.32 Å². The number of nitrogens with zero attached hydrogens (tertiary/aromatic N) is 2. The molecule has 3 aromatic rings. The number of aromatic nitrogens is 2. The summed E-state index contributed by atoms with van der Waals surface area (Å²) in [4.78, 5) is 8.78. The van der Waals surface area contributed by atoms with Crippen molar-refractivity contribution in [1.29, 1.82) is 0 Å².